The van der Waals surface area contributed by atoms with Gasteiger partial charge in [0.2, 0.25) is 10.0 Å². The molecular formula is C13H19N5O2S. The molecule has 1 atom stereocenters. The van der Waals surface area contributed by atoms with Gasteiger partial charge in [0.1, 0.15) is 10.7 Å². The van der Waals surface area contributed by atoms with Gasteiger partial charge in [-0.05, 0) is 19.8 Å². The summed E-state index contributed by atoms with van der Waals surface area (Å²) in [5, 5.41) is 4.06. The van der Waals surface area contributed by atoms with Crippen LogP contribution in [0.15, 0.2) is 29.7 Å². The Labute approximate surface area is 124 Å². The number of H-pyrrole nitrogens is 1. The lowest BCUT2D eigenvalue weighted by Crippen LogP contribution is -2.39. The number of rotatable bonds is 4. The number of imidazole rings is 1. The van der Waals surface area contributed by atoms with Crippen LogP contribution in [-0.2, 0) is 16.6 Å². The minimum Gasteiger partial charge on any atom is -0.348 e. The van der Waals surface area contributed by atoms with Crippen LogP contribution in [0.2, 0.25) is 0 Å². The second-order valence-electron chi connectivity index (χ2n) is 5.21. The van der Waals surface area contributed by atoms with E-state index in [4.69, 9.17) is 0 Å². The molecule has 1 aliphatic rings. The first-order valence-corrected chi connectivity index (χ1v) is 8.57. The maximum Gasteiger partial charge on any atom is 0.246 e. The van der Waals surface area contributed by atoms with Crippen molar-refractivity contribution in [2.45, 2.75) is 37.1 Å². The molecule has 0 bridgehead atoms. The number of hydrogen-bond donors (Lipinski definition) is 1. The van der Waals surface area contributed by atoms with Crippen molar-refractivity contribution in [2.75, 3.05) is 13.1 Å². The molecule has 0 aliphatic carbocycles. The van der Waals surface area contributed by atoms with Crippen LogP contribution in [0, 0.1) is 0 Å². The summed E-state index contributed by atoms with van der Waals surface area (Å²) >= 11 is 0. The zero-order valence-electron chi connectivity index (χ0n) is 11.9. The fourth-order valence-corrected chi connectivity index (χ4v) is 4.16. The van der Waals surface area contributed by atoms with E-state index in [-0.39, 0.29) is 10.8 Å². The van der Waals surface area contributed by atoms with Crippen molar-refractivity contribution in [1.82, 2.24) is 24.1 Å². The average Bonchev–Trinajstić information content (AvgIpc) is 3.19. The molecule has 21 heavy (non-hydrogen) atoms. The number of aromatic amines is 1. The lowest BCUT2D eigenvalue weighted by Gasteiger charge is -2.30. The molecule has 2 aromatic rings. The minimum absolute atomic E-state index is 0.129. The van der Waals surface area contributed by atoms with Gasteiger partial charge in [0.05, 0.1) is 6.20 Å². The summed E-state index contributed by atoms with van der Waals surface area (Å²) in [6, 6.07) is 0. The number of aromatic nitrogens is 4. The molecule has 0 aromatic carbocycles. The van der Waals surface area contributed by atoms with Gasteiger partial charge in [0.25, 0.3) is 0 Å². The second-order valence-corrected chi connectivity index (χ2v) is 7.15. The molecule has 1 N–H and O–H groups in total. The lowest BCUT2D eigenvalue weighted by atomic mass is 9.99. The summed E-state index contributed by atoms with van der Waals surface area (Å²) in [6.07, 6.45) is 8.28. The Hall–Kier alpha value is -1.67. The summed E-state index contributed by atoms with van der Waals surface area (Å²) in [7, 11) is -3.47. The highest BCUT2D eigenvalue weighted by molar-refractivity contribution is 7.89. The third-order valence-corrected chi connectivity index (χ3v) is 5.68. The zero-order chi connectivity index (χ0) is 14.9. The number of hydrogen-bond acceptors (Lipinski definition) is 4. The van der Waals surface area contributed by atoms with Crippen molar-refractivity contribution in [3.05, 3.63) is 30.6 Å². The molecule has 2 aromatic heterocycles. The van der Waals surface area contributed by atoms with Crippen LogP contribution in [-0.4, -0.2) is 45.6 Å². The molecule has 3 heterocycles. The maximum atomic E-state index is 12.7. The van der Waals surface area contributed by atoms with Crippen LogP contribution >= 0.6 is 0 Å². The SMILES string of the molecule is CCn1cc(S(=O)(=O)N2CCC[C@H](c3ncc[nH]3)C2)cn1. The first-order valence-electron chi connectivity index (χ1n) is 7.13. The molecule has 1 fully saturated rings. The van der Waals surface area contributed by atoms with Gasteiger partial charge in [-0.3, -0.25) is 4.68 Å². The average molecular weight is 309 g/mol. The van der Waals surface area contributed by atoms with Crippen LogP contribution in [0.25, 0.3) is 0 Å². The summed E-state index contributed by atoms with van der Waals surface area (Å²) in [5.74, 6) is 0.990. The molecule has 1 saturated heterocycles. The van der Waals surface area contributed by atoms with Gasteiger partial charge in [0.15, 0.2) is 0 Å². The topological polar surface area (TPSA) is 83.9 Å². The predicted octanol–water partition coefficient (Wildman–Crippen LogP) is 1.19. The van der Waals surface area contributed by atoms with E-state index in [0.29, 0.717) is 19.6 Å². The normalized spacial score (nSPS) is 20.7. The Morgan fingerprint density at radius 1 is 1.48 bits per heavy atom. The molecule has 7 nitrogen and oxygen atoms in total. The van der Waals surface area contributed by atoms with Crippen LogP contribution in [0.1, 0.15) is 31.5 Å². The highest BCUT2D eigenvalue weighted by Gasteiger charge is 2.32. The summed E-state index contributed by atoms with van der Waals surface area (Å²) in [4.78, 5) is 7.60. The van der Waals surface area contributed by atoms with E-state index >= 15 is 0 Å². The van der Waals surface area contributed by atoms with Gasteiger partial charge >= 0.3 is 0 Å². The Balaban J connectivity index is 1.82. The van der Waals surface area contributed by atoms with Crippen LogP contribution in [0.4, 0.5) is 0 Å². The van der Waals surface area contributed by atoms with E-state index in [1.807, 2.05) is 6.92 Å². The predicted molar refractivity (Wildman–Crippen MR) is 77.2 cm³/mol. The quantitative estimate of drug-likeness (QED) is 0.919. The summed E-state index contributed by atoms with van der Waals surface area (Å²) in [5.41, 5.74) is 0. The van der Waals surface area contributed by atoms with E-state index in [9.17, 15) is 8.42 Å². The summed E-state index contributed by atoms with van der Waals surface area (Å²) < 4.78 is 28.5. The van der Waals surface area contributed by atoms with E-state index in [0.717, 1.165) is 18.7 Å². The Morgan fingerprint density at radius 2 is 2.33 bits per heavy atom. The number of nitrogens with zero attached hydrogens (tertiary/aromatic N) is 4. The fourth-order valence-electron chi connectivity index (χ4n) is 2.68. The van der Waals surface area contributed by atoms with Crippen molar-refractivity contribution < 1.29 is 8.42 Å². The van der Waals surface area contributed by atoms with Gasteiger partial charge in [0, 0.05) is 44.1 Å². The Kier molecular flexibility index (Phi) is 3.81. The van der Waals surface area contributed by atoms with E-state index in [1.165, 1.54) is 6.20 Å². The third-order valence-electron chi connectivity index (χ3n) is 3.86. The molecule has 8 heteroatoms. The van der Waals surface area contributed by atoms with Crippen molar-refractivity contribution >= 4 is 10.0 Å². The molecule has 3 rings (SSSR count). The monoisotopic (exact) mass is 309 g/mol. The van der Waals surface area contributed by atoms with E-state index < -0.39 is 10.0 Å². The molecule has 0 saturated carbocycles. The highest BCUT2D eigenvalue weighted by atomic mass is 32.2. The van der Waals surface area contributed by atoms with Crippen LogP contribution in [0.5, 0.6) is 0 Å². The standard InChI is InChI=1S/C13H19N5O2S/c1-2-17-10-12(8-16-17)21(19,20)18-7-3-4-11(9-18)13-14-5-6-15-13/h5-6,8,10-11H,2-4,7,9H2,1H3,(H,14,15)/t11-/m0/s1. The van der Waals surface area contributed by atoms with Crippen molar-refractivity contribution in [1.29, 1.82) is 0 Å². The van der Waals surface area contributed by atoms with Crippen molar-refractivity contribution in [2.24, 2.45) is 0 Å². The molecular weight excluding hydrogens is 290 g/mol. The lowest BCUT2D eigenvalue weighted by molar-refractivity contribution is 0.310. The molecule has 0 spiro atoms. The van der Waals surface area contributed by atoms with Gasteiger partial charge in [-0.2, -0.15) is 9.40 Å². The molecule has 0 radical (unpaired) electrons. The van der Waals surface area contributed by atoms with Gasteiger partial charge in [-0.15, -0.1) is 0 Å². The Morgan fingerprint density at radius 3 is 3.00 bits per heavy atom. The highest BCUT2D eigenvalue weighted by Crippen LogP contribution is 2.28. The van der Waals surface area contributed by atoms with Gasteiger partial charge < -0.3 is 4.98 Å². The number of sulfonamides is 1. The van der Waals surface area contributed by atoms with Crippen molar-refractivity contribution in [3.63, 3.8) is 0 Å². The Bertz CT molecular complexity index is 692. The van der Waals surface area contributed by atoms with Gasteiger partial charge in [-0.25, -0.2) is 13.4 Å². The van der Waals surface area contributed by atoms with Crippen LogP contribution in [0.3, 0.4) is 0 Å². The first-order chi connectivity index (χ1) is 10.1. The largest absolute Gasteiger partial charge is 0.348 e. The minimum atomic E-state index is -3.47. The second kappa shape index (κ2) is 5.61. The molecule has 114 valence electrons. The van der Waals surface area contributed by atoms with Gasteiger partial charge in [-0.1, -0.05) is 0 Å². The maximum absolute atomic E-state index is 12.7. The van der Waals surface area contributed by atoms with Crippen LogP contribution < -0.4 is 0 Å². The number of piperidine rings is 1. The third kappa shape index (κ3) is 2.73. The molecule has 1 aliphatic heterocycles. The summed E-state index contributed by atoms with van der Waals surface area (Å²) in [6.45, 7) is 3.60. The molecule has 0 amide bonds. The smallest absolute Gasteiger partial charge is 0.246 e. The zero-order valence-corrected chi connectivity index (χ0v) is 12.8. The number of nitrogens with one attached hydrogen (secondary N) is 1. The first kappa shape index (κ1) is 14.3. The number of aryl methyl sites for hydroxylation is 1. The van der Waals surface area contributed by atoms with Crippen molar-refractivity contribution in [3.8, 4) is 0 Å². The fraction of sp³-hybridized carbons (Fsp3) is 0.538. The van der Waals surface area contributed by atoms with E-state index in [1.54, 1.807) is 27.6 Å². The van der Waals surface area contributed by atoms with E-state index in [2.05, 4.69) is 15.1 Å². The molecule has 0 unspecified atom stereocenters.